The summed E-state index contributed by atoms with van der Waals surface area (Å²) in [4.78, 5) is 7.12. The number of hydrogen-bond donors (Lipinski definition) is 2. The summed E-state index contributed by atoms with van der Waals surface area (Å²) in [6.45, 7) is 11.6. The molecule has 3 rings (SSSR count). The zero-order valence-corrected chi connectivity index (χ0v) is 18.2. The van der Waals surface area contributed by atoms with E-state index in [4.69, 9.17) is 14.5 Å². The van der Waals surface area contributed by atoms with E-state index in [1.807, 2.05) is 12.1 Å². The SMILES string of the molecule is CCNC(=NCc1cccc(OCCN2CCOCC2)c1)NCc1ccccc1C. The van der Waals surface area contributed by atoms with E-state index in [0.29, 0.717) is 13.2 Å². The van der Waals surface area contributed by atoms with Crippen molar-refractivity contribution in [1.82, 2.24) is 15.5 Å². The number of nitrogens with one attached hydrogen (secondary N) is 2. The Bertz CT molecular complexity index is 803. The van der Waals surface area contributed by atoms with Gasteiger partial charge in [0.25, 0.3) is 0 Å². The van der Waals surface area contributed by atoms with Gasteiger partial charge in [-0.15, -0.1) is 0 Å². The molecule has 30 heavy (non-hydrogen) atoms. The van der Waals surface area contributed by atoms with Crippen LogP contribution in [0.3, 0.4) is 0 Å². The maximum Gasteiger partial charge on any atom is 0.191 e. The van der Waals surface area contributed by atoms with E-state index >= 15 is 0 Å². The molecule has 1 fully saturated rings. The average Bonchev–Trinajstić information content (AvgIpc) is 2.78. The maximum absolute atomic E-state index is 5.96. The van der Waals surface area contributed by atoms with Crippen LogP contribution in [-0.4, -0.2) is 56.9 Å². The molecule has 0 aromatic heterocycles. The quantitative estimate of drug-likeness (QED) is 0.492. The standard InChI is InChI=1S/C24H34N4O2/c1-3-25-24(27-19-22-9-5-4-7-20(22)2)26-18-21-8-6-10-23(17-21)30-16-13-28-11-14-29-15-12-28/h4-10,17H,3,11-16,18-19H2,1-2H3,(H2,25,26,27). The lowest BCUT2D eigenvalue weighted by Gasteiger charge is -2.26. The number of rotatable bonds is 9. The largest absolute Gasteiger partial charge is 0.492 e. The molecular formula is C24H34N4O2. The Labute approximate surface area is 180 Å². The fourth-order valence-electron chi connectivity index (χ4n) is 3.35. The minimum Gasteiger partial charge on any atom is -0.492 e. The highest BCUT2D eigenvalue weighted by Crippen LogP contribution is 2.14. The number of hydrogen-bond acceptors (Lipinski definition) is 4. The molecule has 1 saturated heterocycles. The van der Waals surface area contributed by atoms with Gasteiger partial charge in [-0.1, -0.05) is 36.4 Å². The van der Waals surface area contributed by atoms with Crippen molar-refractivity contribution >= 4 is 5.96 Å². The van der Waals surface area contributed by atoms with E-state index in [1.165, 1.54) is 11.1 Å². The van der Waals surface area contributed by atoms with Crippen LogP contribution in [0.1, 0.15) is 23.6 Å². The second kappa shape index (κ2) is 12.2. The van der Waals surface area contributed by atoms with Gasteiger partial charge in [0.2, 0.25) is 0 Å². The van der Waals surface area contributed by atoms with Crippen molar-refractivity contribution < 1.29 is 9.47 Å². The van der Waals surface area contributed by atoms with E-state index in [1.54, 1.807) is 0 Å². The van der Waals surface area contributed by atoms with Crippen LogP contribution in [0, 0.1) is 6.92 Å². The molecule has 6 nitrogen and oxygen atoms in total. The summed E-state index contributed by atoms with van der Waals surface area (Å²) in [7, 11) is 0. The van der Waals surface area contributed by atoms with Crippen LogP contribution in [0.2, 0.25) is 0 Å². The van der Waals surface area contributed by atoms with Crippen molar-refractivity contribution in [3.63, 3.8) is 0 Å². The number of morpholine rings is 1. The lowest BCUT2D eigenvalue weighted by molar-refractivity contribution is 0.0322. The van der Waals surface area contributed by atoms with E-state index in [2.05, 4.69) is 65.8 Å². The molecule has 0 radical (unpaired) electrons. The molecule has 0 spiro atoms. The molecule has 2 aromatic carbocycles. The van der Waals surface area contributed by atoms with Crippen LogP contribution < -0.4 is 15.4 Å². The van der Waals surface area contributed by atoms with Gasteiger partial charge in [-0.25, -0.2) is 4.99 Å². The third-order valence-electron chi connectivity index (χ3n) is 5.15. The normalized spacial score (nSPS) is 15.1. The van der Waals surface area contributed by atoms with Crippen LogP contribution in [0.25, 0.3) is 0 Å². The maximum atomic E-state index is 5.96. The smallest absolute Gasteiger partial charge is 0.191 e. The van der Waals surface area contributed by atoms with Gasteiger partial charge in [0.1, 0.15) is 12.4 Å². The van der Waals surface area contributed by atoms with Crippen molar-refractivity contribution in [1.29, 1.82) is 0 Å². The Morgan fingerprint density at radius 1 is 1.10 bits per heavy atom. The van der Waals surface area contributed by atoms with Gasteiger partial charge in [-0.3, -0.25) is 4.90 Å². The summed E-state index contributed by atoms with van der Waals surface area (Å²) in [5.41, 5.74) is 3.69. The predicted molar refractivity (Wildman–Crippen MR) is 122 cm³/mol. The number of benzene rings is 2. The molecule has 0 amide bonds. The average molecular weight is 411 g/mol. The fourth-order valence-corrected chi connectivity index (χ4v) is 3.35. The van der Waals surface area contributed by atoms with Crippen LogP contribution in [0.15, 0.2) is 53.5 Å². The van der Waals surface area contributed by atoms with Gasteiger partial charge in [-0.2, -0.15) is 0 Å². The molecule has 2 N–H and O–H groups in total. The highest BCUT2D eigenvalue weighted by molar-refractivity contribution is 5.79. The summed E-state index contributed by atoms with van der Waals surface area (Å²) < 4.78 is 11.3. The molecular weight excluding hydrogens is 376 g/mol. The zero-order chi connectivity index (χ0) is 21.0. The first kappa shape index (κ1) is 22.1. The van der Waals surface area contributed by atoms with E-state index in [0.717, 1.165) is 63.2 Å². The highest BCUT2D eigenvalue weighted by atomic mass is 16.5. The highest BCUT2D eigenvalue weighted by Gasteiger charge is 2.09. The molecule has 6 heteroatoms. The Morgan fingerprint density at radius 2 is 1.93 bits per heavy atom. The van der Waals surface area contributed by atoms with Gasteiger partial charge >= 0.3 is 0 Å². The Balaban J connectivity index is 1.50. The lowest BCUT2D eigenvalue weighted by atomic mass is 10.1. The first-order valence-electron chi connectivity index (χ1n) is 10.8. The minimum absolute atomic E-state index is 0.601. The topological polar surface area (TPSA) is 58.1 Å². The second-order valence-electron chi connectivity index (χ2n) is 7.43. The van der Waals surface area contributed by atoms with Gasteiger partial charge in [-0.05, 0) is 42.7 Å². The molecule has 1 aliphatic heterocycles. The molecule has 0 unspecified atom stereocenters. The van der Waals surface area contributed by atoms with Gasteiger partial charge < -0.3 is 20.1 Å². The molecule has 0 saturated carbocycles. The van der Waals surface area contributed by atoms with Crippen molar-refractivity contribution in [3.8, 4) is 5.75 Å². The van der Waals surface area contributed by atoms with Gasteiger partial charge in [0, 0.05) is 32.7 Å². The van der Waals surface area contributed by atoms with Crippen molar-refractivity contribution in [2.24, 2.45) is 4.99 Å². The third-order valence-corrected chi connectivity index (χ3v) is 5.15. The molecule has 162 valence electrons. The van der Waals surface area contributed by atoms with E-state index in [-0.39, 0.29) is 0 Å². The van der Waals surface area contributed by atoms with Crippen LogP contribution >= 0.6 is 0 Å². The van der Waals surface area contributed by atoms with Gasteiger partial charge in [0.15, 0.2) is 5.96 Å². The second-order valence-corrected chi connectivity index (χ2v) is 7.43. The summed E-state index contributed by atoms with van der Waals surface area (Å²) in [5, 5.41) is 6.74. The first-order chi connectivity index (χ1) is 14.7. The van der Waals surface area contributed by atoms with Crippen LogP contribution in [0.4, 0.5) is 0 Å². The monoisotopic (exact) mass is 410 g/mol. The number of ether oxygens (including phenoxy) is 2. The van der Waals surface area contributed by atoms with Crippen molar-refractivity contribution in [2.45, 2.75) is 26.9 Å². The Kier molecular flexibility index (Phi) is 9.00. The van der Waals surface area contributed by atoms with E-state index in [9.17, 15) is 0 Å². The van der Waals surface area contributed by atoms with Gasteiger partial charge in [0.05, 0.1) is 19.8 Å². The number of aryl methyl sites for hydroxylation is 1. The molecule has 2 aromatic rings. The Hall–Kier alpha value is -2.57. The van der Waals surface area contributed by atoms with Crippen LogP contribution in [-0.2, 0) is 17.8 Å². The molecule has 1 heterocycles. The molecule has 0 atom stereocenters. The van der Waals surface area contributed by atoms with Crippen LogP contribution in [0.5, 0.6) is 5.75 Å². The first-order valence-corrected chi connectivity index (χ1v) is 10.8. The third kappa shape index (κ3) is 7.35. The summed E-state index contributed by atoms with van der Waals surface area (Å²) in [6, 6.07) is 16.6. The molecule has 1 aliphatic rings. The minimum atomic E-state index is 0.601. The van der Waals surface area contributed by atoms with Crippen molar-refractivity contribution in [2.75, 3.05) is 46.0 Å². The number of guanidine groups is 1. The van der Waals surface area contributed by atoms with Crippen molar-refractivity contribution in [3.05, 3.63) is 65.2 Å². The molecule has 0 bridgehead atoms. The zero-order valence-electron chi connectivity index (χ0n) is 18.2. The summed E-state index contributed by atoms with van der Waals surface area (Å²) >= 11 is 0. The van der Waals surface area contributed by atoms with E-state index < -0.39 is 0 Å². The predicted octanol–water partition coefficient (Wildman–Crippen LogP) is 2.96. The molecule has 0 aliphatic carbocycles. The number of nitrogens with zero attached hydrogens (tertiary/aromatic N) is 2. The number of aliphatic imine (C=N–C) groups is 1. The lowest BCUT2D eigenvalue weighted by Crippen LogP contribution is -2.38. The summed E-state index contributed by atoms with van der Waals surface area (Å²) in [5.74, 6) is 1.72. The Morgan fingerprint density at radius 3 is 2.73 bits per heavy atom. The fraction of sp³-hybridized carbons (Fsp3) is 0.458. The summed E-state index contributed by atoms with van der Waals surface area (Å²) in [6.07, 6.45) is 0.